The van der Waals surface area contributed by atoms with Crippen LogP contribution in [0.1, 0.15) is 45.1 Å². The van der Waals surface area contributed by atoms with Crippen molar-refractivity contribution in [3.8, 4) is 6.07 Å². The number of likely N-dealkylation sites (tertiary alicyclic amines) is 1. The van der Waals surface area contributed by atoms with Gasteiger partial charge in [0, 0.05) is 6.54 Å². The molecule has 0 aliphatic carbocycles. The first-order valence-corrected chi connectivity index (χ1v) is 7.99. The Morgan fingerprint density at radius 2 is 1.90 bits per heavy atom. The summed E-state index contributed by atoms with van der Waals surface area (Å²) in [5.74, 6) is 0. The molecule has 0 spiro atoms. The lowest BCUT2D eigenvalue weighted by molar-refractivity contribution is 0.110. The van der Waals surface area contributed by atoms with E-state index in [0.717, 1.165) is 25.2 Å². The first kappa shape index (κ1) is 16.0. The van der Waals surface area contributed by atoms with Gasteiger partial charge in [-0.2, -0.15) is 5.26 Å². The summed E-state index contributed by atoms with van der Waals surface area (Å²) in [4.78, 5) is 2.46. The van der Waals surface area contributed by atoms with Gasteiger partial charge in [0.25, 0.3) is 0 Å². The molecule has 1 aromatic carbocycles. The second-order valence-electron chi connectivity index (χ2n) is 6.71. The van der Waals surface area contributed by atoms with E-state index in [1.54, 1.807) is 0 Å². The molecule has 0 amide bonds. The minimum atomic E-state index is -0.868. The number of rotatable bonds is 5. The van der Waals surface area contributed by atoms with Gasteiger partial charge in [-0.05, 0) is 43.3 Å². The van der Waals surface area contributed by atoms with Gasteiger partial charge in [-0.1, -0.05) is 50.6 Å². The fraction of sp³-hybridized carbons (Fsp3) is 0.611. The molecule has 21 heavy (non-hydrogen) atoms. The third-order valence-electron chi connectivity index (χ3n) is 5.23. The van der Waals surface area contributed by atoms with Gasteiger partial charge in [-0.25, -0.2) is 0 Å². The summed E-state index contributed by atoms with van der Waals surface area (Å²) in [5.41, 5.74) is 6.88. The summed E-state index contributed by atoms with van der Waals surface area (Å²) in [7, 11) is 0. The predicted octanol–water partition coefficient (Wildman–Crippen LogP) is 3.27. The number of piperidine rings is 1. The van der Waals surface area contributed by atoms with Crippen molar-refractivity contribution < 1.29 is 0 Å². The van der Waals surface area contributed by atoms with Crippen LogP contribution in [0.5, 0.6) is 0 Å². The normalized spacial score (nSPS) is 21.4. The van der Waals surface area contributed by atoms with Crippen molar-refractivity contribution in [1.29, 1.82) is 5.26 Å². The molecular weight excluding hydrogens is 258 g/mol. The number of hydrogen-bond acceptors (Lipinski definition) is 3. The van der Waals surface area contributed by atoms with Gasteiger partial charge in [0.05, 0.1) is 6.07 Å². The first-order valence-electron chi connectivity index (χ1n) is 7.99. The topological polar surface area (TPSA) is 53.0 Å². The Balaban J connectivity index is 1.92. The molecule has 1 aliphatic heterocycles. The van der Waals surface area contributed by atoms with Crippen molar-refractivity contribution in [3.63, 3.8) is 0 Å². The minimum Gasteiger partial charge on any atom is -0.310 e. The molecule has 0 radical (unpaired) electrons. The predicted molar refractivity (Wildman–Crippen MR) is 86.6 cm³/mol. The van der Waals surface area contributed by atoms with Crippen LogP contribution < -0.4 is 5.73 Å². The van der Waals surface area contributed by atoms with E-state index in [0.29, 0.717) is 11.8 Å². The van der Waals surface area contributed by atoms with Gasteiger partial charge in [-0.3, -0.25) is 0 Å². The molecule has 1 saturated heterocycles. The molecule has 0 aromatic heterocycles. The Labute approximate surface area is 128 Å². The van der Waals surface area contributed by atoms with E-state index >= 15 is 0 Å². The van der Waals surface area contributed by atoms with Crippen LogP contribution in [0.2, 0.25) is 0 Å². The van der Waals surface area contributed by atoms with Crippen molar-refractivity contribution >= 4 is 0 Å². The Hall–Kier alpha value is -1.37. The second kappa shape index (κ2) is 6.60. The quantitative estimate of drug-likeness (QED) is 0.903. The standard InChI is InChI=1S/C18H27N3/c1-3-17(2)9-12-21(13-10-17)14-11-18(20,15-19)16-7-5-4-6-8-16/h4-8H,3,9-14,20H2,1-2H3. The number of nitrogens with two attached hydrogens (primary N) is 1. The van der Waals surface area contributed by atoms with E-state index in [2.05, 4.69) is 24.8 Å². The molecule has 0 bridgehead atoms. The molecule has 2 rings (SSSR count). The maximum atomic E-state index is 9.50. The van der Waals surface area contributed by atoms with Gasteiger partial charge in [-0.15, -0.1) is 0 Å². The molecule has 1 fully saturated rings. The molecule has 1 atom stereocenters. The lowest BCUT2D eigenvalue weighted by Crippen LogP contribution is -2.43. The lowest BCUT2D eigenvalue weighted by Gasteiger charge is -2.39. The number of benzene rings is 1. The summed E-state index contributed by atoms with van der Waals surface area (Å²) in [6.45, 7) is 7.82. The molecule has 2 N–H and O–H groups in total. The smallest absolute Gasteiger partial charge is 0.131 e. The highest BCUT2D eigenvalue weighted by Gasteiger charge is 2.31. The molecule has 1 aliphatic rings. The molecule has 114 valence electrons. The minimum absolute atomic E-state index is 0.505. The third kappa shape index (κ3) is 3.84. The van der Waals surface area contributed by atoms with Crippen LogP contribution in [0.4, 0.5) is 0 Å². The highest BCUT2D eigenvalue weighted by atomic mass is 15.1. The molecule has 3 heteroatoms. The second-order valence-corrected chi connectivity index (χ2v) is 6.71. The third-order valence-corrected chi connectivity index (χ3v) is 5.23. The number of nitriles is 1. The average molecular weight is 285 g/mol. The number of hydrogen-bond donors (Lipinski definition) is 1. The van der Waals surface area contributed by atoms with Crippen molar-refractivity contribution in [2.24, 2.45) is 11.1 Å². The Morgan fingerprint density at radius 3 is 2.43 bits per heavy atom. The van der Waals surface area contributed by atoms with Gasteiger partial charge in [0.1, 0.15) is 5.54 Å². The highest BCUT2D eigenvalue weighted by molar-refractivity contribution is 5.30. The summed E-state index contributed by atoms with van der Waals surface area (Å²) < 4.78 is 0. The zero-order valence-corrected chi connectivity index (χ0v) is 13.3. The fourth-order valence-corrected chi connectivity index (χ4v) is 3.00. The Bertz CT molecular complexity index is 483. The molecule has 1 aromatic rings. The molecular formula is C18H27N3. The van der Waals surface area contributed by atoms with Crippen molar-refractivity contribution in [2.45, 2.75) is 45.1 Å². The van der Waals surface area contributed by atoms with E-state index in [1.165, 1.54) is 19.3 Å². The lowest BCUT2D eigenvalue weighted by atomic mass is 9.78. The van der Waals surface area contributed by atoms with Crippen LogP contribution in [0.25, 0.3) is 0 Å². The largest absolute Gasteiger partial charge is 0.310 e. The van der Waals surface area contributed by atoms with Crippen molar-refractivity contribution in [3.05, 3.63) is 35.9 Å². The first-order chi connectivity index (χ1) is 10.0. The molecule has 1 unspecified atom stereocenters. The summed E-state index contributed by atoms with van der Waals surface area (Å²) >= 11 is 0. The SMILES string of the molecule is CCC1(C)CCN(CCC(N)(C#N)c2ccccc2)CC1. The monoisotopic (exact) mass is 285 g/mol. The number of nitrogens with zero attached hydrogens (tertiary/aromatic N) is 2. The van der Waals surface area contributed by atoms with Gasteiger partial charge < -0.3 is 10.6 Å². The van der Waals surface area contributed by atoms with E-state index < -0.39 is 5.54 Å². The van der Waals surface area contributed by atoms with E-state index in [4.69, 9.17) is 5.73 Å². The van der Waals surface area contributed by atoms with Crippen LogP contribution >= 0.6 is 0 Å². The van der Waals surface area contributed by atoms with E-state index in [-0.39, 0.29) is 0 Å². The Kier molecular flexibility index (Phi) is 5.03. The average Bonchev–Trinajstić information content (AvgIpc) is 2.55. The molecule has 3 nitrogen and oxygen atoms in total. The molecule has 1 heterocycles. The Morgan fingerprint density at radius 1 is 1.29 bits per heavy atom. The van der Waals surface area contributed by atoms with Gasteiger partial charge in [0.15, 0.2) is 0 Å². The van der Waals surface area contributed by atoms with Crippen molar-refractivity contribution in [1.82, 2.24) is 4.90 Å². The maximum absolute atomic E-state index is 9.50. The van der Waals surface area contributed by atoms with Gasteiger partial charge in [0.2, 0.25) is 0 Å². The summed E-state index contributed by atoms with van der Waals surface area (Å²) in [5, 5.41) is 9.50. The zero-order chi connectivity index (χ0) is 15.3. The fourth-order valence-electron chi connectivity index (χ4n) is 3.00. The summed E-state index contributed by atoms with van der Waals surface area (Å²) in [6, 6.07) is 12.1. The van der Waals surface area contributed by atoms with E-state index in [9.17, 15) is 5.26 Å². The van der Waals surface area contributed by atoms with Crippen LogP contribution in [-0.2, 0) is 5.54 Å². The van der Waals surface area contributed by atoms with E-state index in [1.807, 2.05) is 30.3 Å². The molecule has 0 saturated carbocycles. The van der Waals surface area contributed by atoms with Gasteiger partial charge >= 0.3 is 0 Å². The summed E-state index contributed by atoms with van der Waals surface area (Å²) in [6.07, 6.45) is 4.44. The maximum Gasteiger partial charge on any atom is 0.131 e. The zero-order valence-electron chi connectivity index (χ0n) is 13.3. The highest BCUT2D eigenvalue weighted by Crippen LogP contribution is 2.34. The van der Waals surface area contributed by atoms with Crippen molar-refractivity contribution in [2.75, 3.05) is 19.6 Å². The van der Waals surface area contributed by atoms with Crippen LogP contribution in [0.15, 0.2) is 30.3 Å². The van der Waals surface area contributed by atoms with Crippen LogP contribution in [0, 0.1) is 16.7 Å². The van der Waals surface area contributed by atoms with Crippen LogP contribution in [-0.4, -0.2) is 24.5 Å². The van der Waals surface area contributed by atoms with Crippen LogP contribution in [0.3, 0.4) is 0 Å².